The molecule has 62 valence electrons. The van der Waals surface area contributed by atoms with E-state index in [-0.39, 0.29) is 0 Å². The van der Waals surface area contributed by atoms with Gasteiger partial charge in [-0.05, 0) is 15.9 Å². The molecule has 0 bridgehead atoms. The molecule has 0 aliphatic carbocycles. The smallest absolute Gasteiger partial charge is 0.259 e. The van der Waals surface area contributed by atoms with Crippen LogP contribution in [0.1, 0.15) is 0 Å². The Balaban J connectivity index is 2.80. The van der Waals surface area contributed by atoms with E-state index in [1.54, 1.807) is 13.3 Å². The van der Waals surface area contributed by atoms with Gasteiger partial charge in [-0.1, -0.05) is 0 Å². The molecule has 0 fully saturated rings. The molecule has 0 atom stereocenters. The van der Waals surface area contributed by atoms with Gasteiger partial charge in [-0.15, -0.1) is 0 Å². The van der Waals surface area contributed by atoms with Crippen molar-refractivity contribution in [2.45, 2.75) is 0 Å². The minimum Gasteiger partial charge on any atom is -0.478 e. The van der Waals surface area contributed by atoms with Crippen molar-refractivity contribution < 1.29 is 4.74 Å². The van der Waals surface area contributed by atoms with Crippen LogP contribution in [0.25, 0.3) is 5.65 Å². The van der Waals surface area contributed by atoms with E-state index in [0.717, 1.165) is 10.3 Å². The Labute approximate surface area is 77.3 Å². The fraction of sp³-hybridized carbons (Fsp3) is 0.143. The zero-order valence-electron chi connectivity index (χ0n) is 6.36. The van der Waals surface area contributed by atoms with Crippen LogP contribution < -0.4 is 4.74 Å². The summed E-state index contributed by atoms with van der Waals surface area (Å²) < 4.78 is 7.61. The predicted molar refractivity (Wildman–Crippen MR) is 47.2 cm³/mol. The Hall–Kier alpha value is -1.10. The van der Waals surface area contributed by atoms with Crippen LogP contribution >= 0.6 is 15.9 Å². The van der Waals surface area contributed by atoms with E-state index in [1.165, 1.54) is 0 Å². The highest BCUT2D eigenvalue weighted by molar-refractivity contribution is 9.10. The molecule has 0 radical (unpaired) electrons. The van der Waals surface area contributed by atoms with Crippen molar-refractivity contribution in [3.8, 4) is 5.88 Å². The van der Waals surface area contributed by atoms with Gasteiger partial charge in [0.25, 0.3) is 5.88 Å². The van der Waals surface area contributed by atoms with E-state index >= 15 is 0 Å². The van der Waals surface area contributed by atoms with Crippen LogP contribution in [0.4, 0.5) is 0 Å². The molecule has 0 aromatic carbocycles. The molecule has 0 saturated carbocycles. The van der Waals surface area contributed by atoms with Crippen molar-refractivity contribution in [3.05, 3.63) is 23.2 Å². The molecule has 12 heavy (non-hydrogen) atoms. The monoisotopic (exact) mass is 227 g/mol. The molecule has 2 aromatic heterocycles. The van der Waals surface area contributed by atoms with Gasteiger partial charge in [0.1, 0.15) is 4.60 Å². The lowest BCUT2D eigenvalue weighted by molar-refractivity contribution is 0.399. The molecule has 0 unspecified atom stereocenters. The minimum absolute atomic E-state index is 0.523. The Kier molecular flexibility index (Phi) is 1.73. The van der Waals surface area contributed by atoms with E-state index in [9.17, 15) is 0 Å². The molecule has 2 aromatic rings. The largest absolute Gasteiger partial charge is 0.478 e. The number of halogens is 1. The summed E-state index contributed by atoms with van der Waals surface area (Å²) in [7, 11) is 1.57. The zero-order chi connectivity index (χ0) is 8.55. The van der Waals surface area contributed by atoms with E-state index in [1.807, 2.05) is 16.8 Å². The fourth-order valence-corrected chi connectivity index (χ4v) is 1.39. The summed E-state index contributed by atoms with van der Waals surface area (Å²) in [6.45, 7) is 0. The predicted octanol–water partition coefficient (Wildman–Crippen LogP) is 1.50. The van der Waals surface area contributed by atoms with Gasteiger partial charge in [-0.25, -0.2) is 9.97 Å². The van der Waals surface area contributed by atoms with E-state index < -0.39 is 0 Å². The van der Waals surface area contributed by atoms with Crippen molar-refractivity contribution in [1.82, 2.24) is 14.4 Å². The summed E-state index contributed by atoms with van der Waals surface area (Å²) in [4.78, 5) is 8.19. The zero-order valence-corrected chi connectivity index (χ0v) is 7.95. The van der Waals surface area contributed by atoms with Gasteiger partial charge in [0.2, 0.25) is 5.65 Å². The fourth-order valence-electron chi connectivity index (χ4n) is 1.01. The number of aromatic nitrogens is 3. The summed E-state index contributed by atoms with van der Waals surface area (Å²) in [6, 6.07) is 0. The summed E-state index contributed by atoms with van der Waals surface area (Å²) in [5, 5.41) is 0. The second kappa shape index (κ2) is 2.75. The third kappa shape index (κ3) is 1.06. The average Bonchev–Trinajstić information content (AvgIpc) is 2.50. The third-order valence-corrected chi connectivity index (χ3v) is 1.89. The number of fused-ring (bicyclic) bond motifs is 1. The van der Waals surface area contributed by atoms with Crippen molar-refractivity contribution >= 4 is 21.6 Å². The summed E-state index contributed by atoms with van der Waals surface area (Å²) >= 11 is 3.27. The van der Waals surface area contributed by atoms with Crippen LogP contribution in [0.3, 0.4) is 0 Å². The SMILES string of the molecule is COc1nc(Br)cn2ccnc12. The first-order valence-corrected chi connectivity index (χ1v) is 4.14. The molecular formula is C7H6BrN3O. The lowest BCUT2D eigenvalue weighted by Crippen LogP contribution is -1.94. The number of ether oxygens (including phenoxy) is 1. The Morgan fingerprint density at radius 2 is 2.42 bits per heavy atom. The second-order valence-electron chi connectivity index (χ2n) is 2.23. The standard InChI is InChI=1S/C7H6BrN3O/c1-12-7-6-9-2-3-11(6)4-5(8)10-7/h2-4H,1H3. The molecule has 0 N–H and O–H groups in total. The number of nitrogens with zero attached hydrogens (tertiary/aromatic N) is 3. The highest BCUT2D eigenvalue weighted by Crippen LogP contribution is 2.17. The first-order chi connectivity index (χ1) is 5.81. The first-order valence-electron chi connectivity index (χ1n) is 3.34. The molecular weight excluding hydrogens is 222 g/mol. The quantitative estimate of drug-likeness (QED) is 0.742. The summed E-state index contributed by atoms with van der Waals surface area (Å²) in [6.07, 6.45) is 5.36. The van der Waals surface area contributed by atoms with E-state index in [4.69, 9.17) is 4.74 Å². The maximum Gasteiger partial charge on any atom is 0.259 e. The molecule has 0 aliphatic heterocycles. The molecule has 0 saturated heterocycles. The van der Waals surface area contributed by atoms with Gasteiger partial charge in [-0.2, -0.15) is 0 Å². The van der Waals surface area contributed by atoms with Crippen LogP contribution in [0.2, 0.25) is 0 Å². The minimum atomic E-state index is 0.523. The lowest BCUT2D eigenvalue weighted by atomic mass is 10.6. The van der Waals surface area contributed by atoms with Gasteiger partial charge in [0.05, 0.1) is 7.11 Å². The van der Waals surface area contributed by atoms with Gasteiger partial charge in [0.15, 0.2) is 0 Å². The van der Waals surface area contributed by atoms with Gasteiger partial charge in [0, 0.05) is 18.6 Å². The van der Waals surface area contributed by atoms with E-state index in [2.05, 4.69) is 25.9 Å². The van der Waals surface area contributed by atoms with E-state index in [0.29, 0.717) is 5.88 Å². The van der Waals surface area contributed by atoms with Crippen molar-refractivity contribution in [1.29, 1.82) is 0 Å². The molecule has 0 amide bonds. The van der Waals surface area contributed by atoms with Crippen LogP contribution in [-0.4, -0.2) is 21.5 Å². The van der Waals surface area contributed by atoms with Crippen LogP contribution in [0, 0.1) is 0 Å². The second-order valence-corrected chi connectivity index (χ2v) is 3.04. The number of methoxy groups -OCH3 is 1. The Morgan fingerprint density at radius 3 is 3.17 bits per heavy atom. The lowest BCUT2D eigenvalue weighted by Gasteiger charge is -2.00. The Bertz CT molecular complexity index is 412. The summed E-state index contributed by atoms with van der Waals surface area (Å²) in [5.74, 6) is 0.523. The van der Waals surface area contributed by atoms with Crippen LogP contribution in [0.15, 0.2) is 23.2 Å². The molecule has 2 rings (SSSR count). The number of hydrogen-bond acceptors (Lipinski definition) is 3. The van der Waals surface area contributed by atoms with Crippen molar-refractivity contribution in [2.75, 3.05) is 7.11 Å². The highest BCUT2D eigenvalue weighted by atomic mass is 79.9. The average molecular weight is 228 g/mol. The maximum absolute atomic E-state index is 5.04. The summed E-state index contributed by atoms with van der Waals surface area (Å²) in [5.41, 5.74) is 0.723. The maximum atomic E-state index is 5.04. The van der Waals surface area contributed by atoms with Crippen molar-refractivity contribution in [3.63, 3.8) is 0 Å². The van der Waals surface area contributed by atoms with Gasteiger partial charge < -0.3 is 4.74 Å². The normalized spacial score (nSPS) is 10.5. The number of imidazole rings is 1. The molecule has 0 spiro atoms. The highest BCUT2D eigenvalue weighted by Gasteiger charge is 2.04. The number of hydrogen-bond donors (Lipinski definition) is 0. The van der Waals surface area contributed by atoms with Gasteiger partial charge >= 0.3 is 0 Å². The first kappa shape index (κ1) is 7.54. The number of rotatable bonds is 1. The molecule has 5 heteroatoms. The topological polar surface area (TPSA) is 39.4 Å². The van der Waals surface area contributed by atoms with Crippen molar-refractivity contribution in [2.24, 2.45) is 0 Å². The van der Waals surface area contributed by atoms with Gasteiger partial charge in [-0.3, -0.25) is 4.40 Å². The third-order valence-electron chi connectivity index (χ3n) is 1.51. The molecule has 4 nitrogen and oxygen atoms in total. The molecule has 2 heterocycles. The van der Waals surface area contributed by atoms with Crippen LogP contribution in [0.5, 0.6) is 5.88 Å². The van der Waals surface area contributed by atoms with Crippen LogP contribution in [-0.2, 0) is 0 Å². The molecule has 0 aliphatic rings. The Morgan fingerprint density at radius 1 is 1.58 bits per heavy atom.